The van der Waals surface area contributed by atoms with Crippen LogP contribution in [0, 0.1) is 0 Å². The zero-order valence-corrected chi connectivity index (χ0v) is 10.5. The Hall–Kier alpha value is -1.70. The summed E-state index contributed by atoms with van der Waals surface area (Å²) < 4.78 is 0. The first-order valence-corrected chi connectivity index (χ1v) is 5.78. The van der Waals surface area contributed by atoms with E-state index in [2.05, 4.69) is 9.97 Å². The van der Waals surface area contributed by atoms with Crippen molar-refractivity contribution in [3.63, 3.8) is 0 Å². The van der Waals surface area contributed by atoms with Crippen LogP contribution in [0.5, 0.6) is 0 Å². The lowest BCUT2D eigenvalue weighted by Gasteiger charge is -1.96. The van der Waals surface area contributed by atoms with Gasteiger partial charge in [0.2, 0.25) is 0 Å². The minimum atomic E-state index is 0.915. The highest BCUT2D eigenvalue weighted by molar-refractivity contribution is 5.57. The van der Waals surface area contributed by atoms with Gasteiger partial charge in [0.25, 0.3) is 0 Å². The van der Waals surface area contributed by atoms with Crippen molar-refractivity contribution in [2.75, 3.05) is 0 Å². The molecule has 0 amide bonds. The summed E-state index contributed by atoms with van der Waals surface area (Å²) in [6.07, 6.45) is 5.13. The fourth-order valence-electron chi connectivity index (χ4n) is 1.06. The molecule has 0 saturated heterocycles. The summed E-state index contributed by atoms with van der Waals surface area (Å²) in [5, 5.41) is 0. The Morgan fingerprint density at radius 1 is 0.812 bits per heavy atom. The molecule has 0 aliphatic carbocycles. The molecule has 0 bridgehead atoms. The second kappa shape index (κ2) is 9.84. The van der Waals surface area contributed by atoms with Crippen molar-refractivity contribution in [1.82, 2.24) is 9.97 Å². The molecule has 0 spiro atoms. The second-order valence-corrected chi connectivity index (χ2v) is 2.46. The molecule has 2 aromatic rings. The average molecular weight is 216 g/mol. The van der Waals surface area contributed by atoms with E-state index in [0.29, 0.717) is 0 Å². The van der Waals surface area contributed by atoms with Gasteiger partial charge in [0, 0.05) is 18.0 Å². The number of hydrogen-bond donors (Lipinski definition) is 0. The van der Waals surface area contributed by atoms with Gasteiger partial charge >= 0.3 is 0 Å². The maximum absolute atomic E-state index is 4.19. The highest BCUT2D eigenvalue weighted by Gasteiger charge is 1.94. The summed E-state index contributed by atoms with van der Waals surface area (Å²) in [5.74, 6) is 0. The molecule has 0 atom stereocenters. The number of rotatable bonds is 1. The van der Waals surface area contributed by atoms with Crippen molar-refractivity contribution in [3.8, 4) is 11.3 Å². The molecule has 1 aromatic heterocycles. The summed E-state index contributed by atoms with van der Waals surface area (Å²) >= 11 is 0. The van der Waals surface area contributed by atoms with Gasteiger partial charge in [0.1, 0.15) is 0 Å². The highest BCUT2D eigenvalue weighted by Crippen LogP contribution is 2.13. The largest absolute Gasteiger partial charge is 0.261 e. The van der Waals surface area contributed by atoms with Crippen molar-refractivity contribution < 1.29 is 0 Å². The molecule has 0 fully saturated rings. The van der Waals surface area contributed by atoms with Crippen LogP contribution in [-0.2, 0) is 0 Å². The Morgan fingerprint density at radius 2 is 1.44 bits per heavy atom. The molecule has 0 aliphatic heterocycles. The van der Waals surface area contributed by atoms with Gasteiger partial charge in [-0.1, -0.05) is 58.0 Å². The summed E-state index contributed by atoms with van der Waals surface area (Å²) in [4.78, 5) is 8.19. The molecular weight excluding hydrogens is 196 g/mol. The second-order valence-electron chi connectivity index (χ2n) is 2.46. The number of hydrogen-bond acceptors (Lipinski definition) is 2. The molecule has 0 aliphatic rings. The number of benzene rings is 1. The Labute approximate surface area is 98.4 Å². The lowest BCUT2D eigenvalue weighted by atomic mass is 10.2. The molecule has 2 nitrogen and oxygen atoms in total. The third kappa shape index (κ3) is 4.69. The first-order chi connectivity index (χ1) is 7.97. The van der Waals surface area contributed by atoms with Gasteiger partial charge in [-0.05, 0) is 0 Å². The maximum Gasteiger partial charge on any atom is 0.0885 e. The molecule has 0 radical (unpaired) electrons. The van der Waals surface area contributed by atoms with Crippen molar-refractivity contribution >= 4 is 0 Å². The Kier molecular flexibility index (Phi) is 8.79. The van der Waals surface area contributed by atoms with Crippen molar-refractivity contribution in [2.45, 2.75) is 27.7 Å². The SMILES string of the molecule is CC.CC.c1ccc(-c2cnccn2)cc1. The van der Waals surface area contributed by atoms with Crippen LogP contribution in [0.1, 0.15) is 27.7 Å². The van der Waals surface area contributed by atoms with Gasteiger partial charge < -0.3 is 0 Å². The van der Waals surface area contributed by atoms with Crippen molar-refractivity contribution in [3.05, 3.63) is 48.9 Å². The quantitative estimate of drug-likeness (QED) is 0.714. The van der Waals surface area contributed by atoms with E-state index in [1.165, 1.54) is 0 Å². The van der Waals surface area contributed by atoms with Gasteiger partial charge in [-0.3, -0.25) is 9.97 Å². The van der Waals surface area contributed by atoms with Crippen LogP contribution in [0.15, 0.2) is 48.9 Å². The van der Waals surface area contributed by atoms with E-state index in [1.54, 1.807) is 18.6 Å². The van der Waals surface area contributed by atoms with Crippen molar-refractivity contribution in [1.29, 1.82) is 0 Å². The maximum atomic E-state index is 4.19. The molecule has 1 heterocycles. The highest BCUT2D eigenvalue weighted by atomic mass is 14.8. The van der Waals surface area contributed by atoms with E-state index >= 15 is 0 Å². The van der Waals surface area contributed by atoms with Gasteiger partial charge in [-0.2, -0.15) is 0 Å². The minimum Gasteiger partial charge on any atom is -0.261 e. The summed E-state index contributed by atoms with van der Waals surface area (Å²) in [6, 6.07) is 10.0. The monoisotopic (exact) mass is 216 g/mol. The zero-order valence-electron chi connectivity index (χ0n) is 10.5. The lowest BCUT2D eigenvalue weighted by molar-refractivity contribution is 1.21. The van der Waals surface area contributed by atoms with E-state index < -0.39 is 0 Å². The summed E-state index contributed by atoms with van der Waals surface area (Å²) in [6.45, 7) is 8.00. The average Bonchev–Trinajstić information content (AvgIpc) is 2.45. The first kappa shape index (κ1) is 14.3. The topological polar surface area (TPSA) is 25.8 Å². The van der Waals surface area contributed by atoms with E-state index in [9.17, 15) is 0 Å². The molecule has 0 saturated carbocycles. The van der Waals surface area contributed by atoms with E-state index in [-0.39, 0.29) is 0 Å². The van der Waals surface area contributed by atoms with Gasteiger partial charge in [-0.25, -0.2) is 0 Å². The molecule has 86 valence electrons. The Bertz CT molecular complexity index is 306. The predicted octanol–water partition coefficient (Wildman–Crippen LogP) is 4.20. The third-order valence-corrected chi connectivity index (χ3v) is 1.63. The first-order valence-electron chi connectivity index (χ1n) is 5.78. The van der Waals surface area contributed by atoms with Crippen LogP contribution < -0.4 is 0 Å². The van der Waals surface area contributed by atoms with Crippen LogP contribution in [0.4, 0.5) is 0 Å². The fraction of sp³-hybridized carbons (Fsp3) is 0.286. The number of aromatic nitrogens is 2. The molecule has 2 heteroatoms. The normalized spacial score (nSPS) is 8.00. The number of nitrogens with zero attached hydrogens (tertiary/aromatic N) is 2. The van der Waals surface area contributed by atoms with Crippen LogP contribution in [0.25, 0.3) is 11.3 Å². The molecule has 0 unspecified atom stereocenters. The summed E-state index contributed by atoms with van der Waals surface area (Å²) in [5.41, 5.74) is 2.02. The van der Waals surface area contributed by atoms with Crippen LogP contribution in [-0.4, -0.2) is 9.97 Å². The third-order valence-electron chi connectivity index (χ3n) is 1.63. The van der Waals surface area contributed by atoms with E-state index in [0.717, 1.165) is 11.3 Å². The van der Waals surface area contributed by atoms with E-state index in [1.807, 2.05) is 58.0 Å². The predicted molar refractivity (Wildman–Crippen MR) is 70.2 cm³/mol. The minimum absolute atomic E-state index is 0.915. The molecule has 0 N–H and O–H groups in total. The molecule has 16 heavy (non-hydrogen) atoms. The van der Waals surface area contributed by atoms with Gasteiger partial charge in [0.05, 0.1) is 11.9 Å². The van der Waals surface area contributed by atoms with Crippen LogP contribution in [0.2, 0.25) is 0 Å². The molecule has 2 rings (SSSR count). The lowest BCUT2D eigenvalue weighted by Crippen LogP contribution is -1.82. The Morgan fingerprint density at radius 3 is 1.94 bits per heavy atom. The fourth-order valence-corrected chi connectivity index (χ4v) is 1.06. The van der Waals surface area contributed by atoms with E-state index in [4.69, 9.17) is 0 Å². The molecular formula is C14H20N2. The zero-order chi connectivity index (χ0) is 12.2. The molecule has 1 aromatic carbocycles. The Balaban J connectivity index is 0.000000509. The van der Waals surface area contributed by atoms with Crippen molar-refractivity contribution in [2.24, 2.45) is 0 Å². The standard InChI is InChI=1S/C10H8N2.2C2H6/c1-2-4-9(5-3-1)10-8-11-6-7-12-10;2*1-2/h1-8H;2*1-2H3. The smallest absolute Gasteiger partial charge is 0.0885 e. The van der Waals surface area contributed by atoms with Crippen LogP contribution >= 0.6 is 0 Å². The van der Waals surface area contributed by atoms with Gasteiger partial charge in [0.15, 0.2) is 0 Å². The van der Waals surface area contributed by atoms with Crippen LogP contribution in [0.3, 0.4) is 0 Å². The summed E-state index contributed by atoms with van der Waals surface area (Å²) in [7, 11) is 0. The van der Waals surface area contributed by atoms with Gasteiger partial charge in [-0.15, -0.1) is 0 Å².